The Balaban J connectivity index is 0. The highest BCUT2D eigenvalue weighted by atomic mass is 16.1. The Morgan fingerprint density at radius 1 is 1.50 bits per heavy atom. The number of nitrogens with one attached hydrogen (secondary N) is 1. The summed E-state index contributed by atoms with van der Waals surface area (Å²) in [5, 5.41) is 2.81. The van der Waals surface area contributed by atoms with Crippen molar-refractivity contribution in [2.75, 3.05) is 13.6 Å². The van der Waals surface area contributed by atoms with Gasteiger partial charge >= 0.3 is 0 Å². The van der Waals surface area contributed by atoms with E-state index in [0.29, 0.717) is 6.54 Å². The second-order valence-corrected chi connectivity index (χ2v) is 2.17. The Morgan fingerprint density at radius 3 is 2.25 bits per heavy atom. The van der Waals surface area contributed by atoms with E-state index in [1.54, 1.807) is 7.05 Å². The number of amides is 1. The van der Waals surface area contributed by atoms with Gasteiger partial charge in [-0.2, -0.15) is 0 Å². The molecule has 0 aromatic rings. The van der Waals surface area contributed by atoms with E-state index < -0.39 is 0 Å². The van der Waals surface area contributed by atoms with Gasteiger partial charge in [-0.3, -0.25) is 4.79 Å². The molecule has 0 aromatic heterocycles. The second-order valence-electron chi connectivity index (χ2n) is 2.17. The van der Waals surface area contributed by atoms with Crippen LogP contribution < -0.4 is 16.8 Å². The van der Waals surface area contributed by atoms with E-state index in [4.69, 9.17) is 11.5 Å². The van der Waals surface area contributed by atoms with Crippen molar-refractivity contribution in [2.24, 2.45) is 11.5 Å². The van der Waals surface area contributed by atoms with Crippen LogP contribution in [0.2, 0.25) is 0 Å². The average molecular weight is 175 g/mol. The number of nitrogens with two attached hydrogens (primary N) is 2. The molecule has 4 nitrogen and oxygen atoms in total. The van der Waals surface area contributed by atoms with Crippen molar-refractivity contribution in [3.8, 4) is 0 Å². The normalized spacial score (nSPS) is 11.3. The maximum Gasteiger partial charge on any atom is 0.234 e. The van der Waals surface area contributed by atoms with Crippen molar-refractivity contribution in [1.82, 2.24) is 5.32 Å². The van der Waals surface area contributed by atoms with Gasteiger partial charge in [0.15, 0.2) is 0 Å². The van der Waals surface area contributed by atoms with Crippen LogP contribution in [-0.2, 0) is 4.79 Å². The highest BCUT2D eigenvalue weighted by Crippen LogP contribution is 1.93. The van der Waals surface area contributed by atoms with Gasteiger partial charge in [0, 0.05) is 0 Å². The summed E-state index contributed by atoms with van der Waals surface area (Å²) in [7, 11) is 1.71. The minimum absolute atomic E-state index is 0.219. The van der Waals surface area contributed by atoms with Crippen LogP contribution >= 0.6 is 0 Å². The molecule has 0 aliphatic carbocycles. The lowest BCUT2D eigenvalue weighted by atomic mass is 10.1. The molecule has 0 rings (SSSR count). The van der Waals surface area contributed by atoms with Gasteiger partial charge in [0.2, 0.25) is 5.91 Å². The summed E-state index contributed by atoms with van der Waals surface area (Å²) in [6.07, 6.45) is 1.55. The first kappa shape index (κ1) is 13.9. The van der Waals surface area contributed by atoms with Crippen molar-refractivity contribution < 1.29 is 4.79 Å². The number of hydrogen-bond donors (Lipinski definition) is 3. The summed E-state index contributed by atoms with van der Waals surface area (Å²) >= 11 is 0. The lowest BCUT2D eigenvalue weighted by Crippen LogP contribution is -2.39. The Kier molecular flexibility index (Phi) is 12.1. The Hall–Kier alpha value is -0.610. The van der Waals surface area contributed by atoms with Gasteiger partial charge in [-0.25, -0.2) is 0 Å². The van der Waals surface area contributed by atoms with E-state index in [2.05, 4.69) is 5.32 Å². The third kappa shape index (κ3) is 7.50. The first-order valence-corrected chi connectivity index (χ1v) is 4.39. The fraction of sp³-hybridized carbons (Fsp3) is 0.875. The molecule has 0 fully saturated rings. The van der Waals surface area contributed by atoms with Crippen molar-refractivity contribution in [3.05, 3.63) is 0 Å². The Bertz CT molecular complexity index is 106. The van der Waals surface area contributed by atoms with E-state index in [1.807, 2.05) is 13.8 Å². The van der Waals surface area contributed by atoms with Crippen LogP contribution in [0.5, 0.6) is 0 Å². The number of hydrogen-bond acceptors (Lipinski definition) is 3. The number of likely N-dealkylation sites (N-methyl/N-ethyl adjacent to an activating group) is 1. The molecule has 1 amide bonds. The molecule has 0 heterocycles. The van der Waals surface area contributed by atoms with Crippen LogP contribution in [0, 0.1) is 0 Å². The first-order chi connectivity index (χ1) is 5.72. The molecule has 0 aliphatic heterocycles. The molecule has 0 aromatic carbocycles. The van der Waals surface area contributed by atoms with E-state index in [0.717, 1.165) is 12.8 Å². The highest BCUT2D eigenvalue weighted by molar-refractivity contribution is 5.79. The van der Waals surface area contributed by atoms with Gasteiger partial charge in [0.25, 0.3) is 0 Å². The van der Waals surface area contributed by atoms with Crippen LogP contribution in [-0.4, -0.2) is 25.5 Å². The van der Waals surface area contributed by atoms with Crippen LogP contribution in [0.3, 0.4) is 0 Å². The second kappa shape index (κ2) is 10.4. The fourth-order valence-electron chi connectivity index (χ4n) is 0.751. The van der Waals surface area contributed by atoms with Crippen LogP contribution in [0.1, 0.15) is 26.7 Å². The van der Waals surface area contributed by atoms with E-state index >= 15 is 0 Å². The molecule has 0 saturated carbocycles. The summed E-state index contributed by atoms with van der Waals surface area (Å²) in [4.78, 5) is 10.6. The minimum Gasteiger partial charge on any atom is -0.368 e. The maximum atomic E-state index is 10.6. The average Bonchev–Trinajstić information content (AvgIpc) is 2.09. The van der Waals surface area contributed by atoms with Gasteiger partial charge in [-0.05, 0) is 26.4 Å². The smallest absolute Gasteiger partial charge is 0.234 e. The highest BCUT2D eigenvalue weighted by Gasteiger charge is 2.10. The van der Waals surface area contributed by atoms with Crippen molar-refractivity contribution in [3.63, 3.8) is 0 Å². The summed E-state index contributed by atoms with van der Waals surface area (Å²) in [6.45, 7) is 4.60. The Morgan fingerprint density at radius 2 is 2.00 bits per heavy atom. The van der Waals surface area contributed by atoms with Gasteiger partial charge in [-0.1, -0.05) is 13.8 Å². The monoisotopic (exact) mass is 175 g/mol. The molecular weight excluding hydrogens is 154 g/mol. The molecule has 0 radical (unpaired) electrons. The Labute approximate surface area is 74.7 Å². The van der Waals surface area contributed by atoms with Crippen molar-refractivity contribution >= 4 is 5.91 Å². The molecule has 12 heavy (non-hydrogen) atoms. The van der Waals surface area contributed by atoms with E-state index in [-0.39, 0.29) is 11.9 Å². The van der Waals surface area contributed by atoms with Crippen molar-refractivity contribution in [2.45, 2.75) is 32.7 Å². The number of primary amides is 1. The lowest BCUT2D eigenvalue weighted by Gasteiger charge is -2.09. The number of rotatable bonds is 5. The van der Waals surface area contributed by atoms with Crippen LogP contribution in [0.4, 0.5) is 0 Å². The number of carbonyl (C=O) groups is 1. The third-order valence-corrected chi connectivity index (χ3v) is 1.39. The molecule has 0 spiro atoms. The summed E-state index contributed by atoms with van der Waals surface area (Å²) in [6, 6.07) is -0.219. The number of carbonyl (C=O) groups excluding carboxylic acids is 1. The maximum absolute atomic E-state index is 10.6. The predicted octanol–water partition coefficient (Wildman–Crippen LogP) is -0.175. The summed E-state index contributed by atoms with van der Waals surface area (Å²) in [5.74, 6) is -0.309. The van der Waals surface area contributed by atoms with Crippen LogP contribution in [0.25, 0.3) is 0 Å². The molecule has 1 unspecified atom stereocenters. The van der Waals surface area contributed by atoms with Gasteiger partial charge in [0.05, 0.1) is 6.04 Å². The summed E-state index contributed by atoms with van der Waals surface area (Å²) in [5.41, 5.74) is 10.3. The SMILES string of the molecule is CC.CNC(CCCN)C(N)=O. The largest absolute Gasteiger partial charge is 0.368 e. The molecule has 0 saturated heterocycles. The first-order valence-electron chi connectivity index (χ1n) is 4.39. The minimum atomic E-state index is -0.309. The predicted molar refractivity (Wildman–Crippen MR) is 51.7 cm³/mol. The zero-order valence-corrected chi connectivity index (χ0v) is 8.26. The molecular formula is C8H21N3O. The molecule has 5 N–H and O–H groups in total. The van der Waals surface area contributed by atoms with Gasteiger partial charge in [-0.15, -0.1) is 0 Å². The molecule has 0 bridgehead atoms. The third-order valence-electron chi connectivity index (χ3n) is 1.39. The van der Waals surface area contributed by atoms with Gasteiger partial charge < -0.3 is 16.8 Å². The zero-order chi connectivity index (χ0) is 9.98. The standard InChI is InChI=1S/C6H15N3O.C2H6/c1-9-5(6(8)10)3-2-4-7;1-2/h5,9H,2-4,7H2,1H3,(H2,8,10);1-2H3. The molecule has 1 atom stereocenters. The van der Waals surface area contributed by atoms with E-state index in [1.165, 1.54) is 0 Å². The summed E-state index contributed by atoms with van der Waals surface area (Å²) < 4.78 is 0. The molecule has 74 valence electrons. The molecule has 4 heteroatoms. The van der Waals surface area contributed by atoms with Gasteiger partial charge in [0.1, 0.15) is 0 Å². The quantitative estimate of drug-likeness (QED) is 0.542. The van der Waals surface area contributed by atoms with Crippen molar-refractivity contribution in [1.29, 1.82) is 0 Å². The zero-order valence-electron chi connectivity index (χ0n) is 8.26. The lowest BCUT2D eigenvalue weighted by molar-refractivity contribution is -0.120. The molecule has 0 aliphatic rings. The van der Waals surface area contributed by atoms with E-state index in [9.17, 15) is 4.79 Å². The fourth-order valence-corrected chi connectivity index (χ4v) is 0.751. The topological polar surface area (TPSA) is 81.1 Å². The van der Waals surface area contributed by atoms with Crippen LogP contribution in [0.15, 0.2) is 0 Å².